The molecule has 3 aromatic carbocycles. The summed E-state index contributed by atoms with van der Waals surface area (Å²) in [5.41, 5.74) is 0.827. The molecule has 0 aromatic heterocycles. The maximum atomic E-state index is 14.4. The minimum Gasteiger partial charge on any atom is -0.492 e. The van der Waals surface area contributed by atoms with Crippen molar-refractivity contribution in [2.24, 2.45) is 0 Å². The van der Waals surface area contributed by atoms with Crippen LogP contribution in [0, 0.1) is 5.82 Å². The molecular formula is C34H42FN3O5S2. The summed E-state index contributed by atoms with van der Waals surface area (Å²) in [7, 11) is -4.26. The van der Waals surface area contributed by atoms with Gasteiger partial charge in [0.05, 0.1) is 17.2 Å². The Bertz CT molecular complexity index is 1530. The number of anilines is 1. The molecule has 1 aliphatic carbocycles. The Labute approximate surface area is 270 Å². The predicted octanol–water partition coefficient (Wildman–Crippen LogP) is 6.40. The van der Waals surface area contributed by atoms with Crippen molar-refractivity contribution in [3.8, 4) is 5.75 Å². The van der Waals surface area contributed by atoms with E-state index in [0.717, 1.165) is 41.3 Å². The average Bonchev–Trinajstić information content (AvgIpc) is 3.05. The van der Waals surface area contributed by atoms with Crippen molar-refractivity contribution in [3.05, 3.63) is 84.2 Å². The van der Waals surface area contributed by atoms with E-state index in [1.807, 2.05) is 13.2 Å². The highest BCUT2D eigenvalue weighted by Gasteiger charge is 2.35. The van der Waals surface area contributed by atoms with E-state index in [4.69, 9.17) is 4.74 Å². The molecule has 0 bridgehead atoms. The summed E-state index contributed by atoms with van der Waals surface area (Å²) < 4.78 is 49.1. The van der Waals surface area contributed by atoms with Gasteiger partial charge < -0.3 is 15.0 Å². The first-order valence-electron chi connectivity index (χ1n) is 15.4. The normalized spacial score (nSPS) is 14.4. The fraction of sp³-hybridized carbons (Fsp3) is 0.412. The maximum Gasteiger partial charge on any atom is 0.264 e. The fourth-order valence-corrected chi connectivity index (χ4v) is 7.41. The third-order valence-corrected chi connectivity index (χ3v) is 10.5. The first-order chi connectivity index (χ1) is 21.7. The molecule has 0 radical (unpaired) electrons. The Kier molecular flexibility index (Phi) is 12.3. The number of amides is 2. The predicted molar refractivity (Wildman–Crippen MR) is 176 cm³/mol. The number of carbonyl (C=O) groups is 2. The molecule has 0 heterocycles. The van der Waals surface area contributed by atoms with Crippen molar-refractivity contribution in [1.82, 2.24) is 10.2 Å². The highest BCUT2D eigenvalue weighted by molar-refractivity contribution is 7.98. The molecule has 1 fully saturated rings. The van der Waals surface area contributed by atoms with Crippen molar-refractivity contribution in [1.29, 1.82) is 0 Å². The van der Waals surface area contributed by atoms with Crippen LogP contribution in [0.3, 0.4) is 0 Å². The van der Waals surface area contributed by atoms with Gasteiger partial charge >= 0.3 is 0 Å². The number of carbonyl (C=O) groups excluding carboxylic acids is 2. The van der Waals surface area contributed by atoms with Crippen LogP contribution in [0.5, 0.6) is 5.75 Å². The zero-order valence-electron chi connectivity index (χ0n) is 26.1. The molecule has 0 aliphatic heterocycles. The van der Waals surface area contributed by atoms with Crippen molar-refractivity contribution >= 4 is 39.3 Å². The number of nitrogens with one attached hydrogen (secondary N) is 1. The van der Waals surface area contributed by atoms with Gasteiger partial charge in [0.25, 0.3) is 10.0 Å². The van der Waals surface area contributed by atoms with Gasteiger partial charge in [-0.3, -0.25) is 13.9 Å². The van der Waals surface area contributed by atoms with Crippen LogP contribution in [-0.2, 0) is 26.2 Å². The van der Waals surface area contributed by atoms with E-state index in [1.165, 1.54) is 40.9 Å². The molecule has 2 amide bonds. The lowest BCUT2D eigenvalue weighted by Crippen LogP contribution is -2.54. The number of rotatable bonds is 14. The molecule has 1 atom stereocenters. The van der Waals surface area contributed by atoms with Crippen LogP contribution < -0.4 is 14.4 Å². The van der Waals surface area contributed by atoms with E-state index in [-0.39, 0.29) is 35.7 Å². The summed E-state index contributed by atoms with van der Waals surface area (Å²) in [5.74, 6) is -0.961. The first kappa shape index (κ1) is 34.3. The summed E-state index contributed by atoms with van der Waals surface area (Å²) in [6.07, 6.45) is 7.16. The Morgan fingerprint density at radius 1 is 0.978 bits per heavy atom. The molecule has 0 saturated heterocycles. The van der Waals surface area contributed by atoms with Gasteiger partial charge in [-0.05, 0) is 86.5 Å². The van der Waals surface area contributed by atoms with Gasteiger partial charge in [-0.25, -0.2) is 12.8 Å². The SMILES string of the molecule is CCOc1ccccc1N(CC(=O)N(Cc1ccc(F)cc1)[C@@H](CC)C(=O)NC1CCCCC1)S(=O)(=O)c1ccc(SC)cc1. The molecule has 4 rings (SSSR count). The lowest BCUT2D eigenvalue weighted by molar-refractivity contribution is -0.140. The van der Waals surface area contributed by atoms with Gasteiger partial charge in [-0.1, -0.05) is 50.5 Å². The van der Waals surface area contributed by atoms with Gasteiger partial charge in [0.2, 0.25) is 11.8 Å². The van der Waals surface area contributed by atoms with Crippen LogP contribution in [0.25, 0.3) is 0 Å². The molecule has 11 heteroatoms. The smallest absolute Gasteiger partial charge is 0.264 e. The summed E-state index contributed by atoms with van der Waals surface area (Å²) in [6, 6.07) is 18.0. The van der Waals surface area contributed by atoms with E-state index in [2.05, 4.69) is 5.32 Å². The molecular weight excluding hydrogens is 614 g/mol. The van der Waals surface area contributed by atoms with Crippen LogP contribution in [-0.4, -0.2) is 56.6 Å². The number of benzene rings is 3. The quantitative estimate of drug-likeness (QED) is 0.202. The molecule has 242 valence electrons. The fourth-order valence-electron chi connectivity index (χ4n) is 5.58. The number of para-hydroxylation sites is 2. The second-order valence-corrected chi connectivity index (χ2v) is 13.7. The zero-order chi connectivity index (χ0) is 32.4. The number of hydrogen-bond donors (Lipinski definition) is 1. The summed E-state index contributed by atoms with van der Waals surface area (Å²) in [4.78, 5) is 30.4. The molecule has 1 N–H and O–H groups in total. The Morgan fingerprint density at radius 3 is 2.27 bits per heavy atom. The van der Waals surface area contributed by atoms with Gasteiger partial charge in [-0.15, -0.1) is 11.8 Å². The number of sulfonamides is 1. The molecule has 0 spiro atoms. The highest BCUT2D eigenvalue weighted by Crippen LogP contribution is 2.33. The second kappa shape index (κ2) is 16.1. The van der Waals surface area contributed by atoms with Gasteiger partial charge in [0.1, 0.15) is 24.2 Å². The number of nitrogens with zero attached hydrogens (tertiary/aromatic N) is 2. The van der Waals surface area contributed by atoms with E-state index in [1.54, 1.807) is 55.5 Å². The molecule has 1 aliphatic rings. The number of halogens is 1. The van der Waals surface area contributed by atoms with Gasteiger partial charge in [-0.2, -0.15) is 0 Å². The van der Waals surface area contributed by atoms with Crippen molar-refractivity contribution < 1.29 is 27.1 Å². The molecule has 8 nitrogen and oxygen atoms in total. The minimum absolute atomic E-state index is 0.000872. The highest BCUT2D eigenvalue weighted by atomic mass is 32.2. The number of thioether (sulfide) groups is 1. The lowest BCUT2D eigenvalue weighted by Gasteiger charge is -2.34. The largest absolute Gasteiger partial charge is 0.492 e. The van der Waals surface area contributed by atoms with Crippen molar-refractivity contribution in [3.63, 3.8) is 0 Å². The van der Waals surface area contributed by atoms with E-state index in [0.29, 0.717) is 17.7 Å². The molecule has 1 saturated carbocycles. The zero-order valence-corrected chi connectivity index (χ0v) is 27.7. The minimum atomic E-state index is -4.26. The van der Waals surface area contributed by atoms with Crippen LogP contribution in [0.15, 0.2) is 82.6 Å². The monoisotopic (exact) mass is 655 g/mol. The van der Waals surface area contributed by atoms with E-state index < -0.39 is 34.3 Å². The lowest BCUT2D eigenvalue weighted by atomic mass is 9.95. The van der Waals surface area contributed by atoms with Crippen molar-refractivity contribution in [2.75, 3.05) is 23.7 Å². The van der Waals surface area contributed by atoms with Crippen LogP contribution >= 0.6 is 11.8 Å². The van der Waals surface area contributed by atoms with Crippen molar-refractivity contribution in [2.45, 2.75) is 80.8 Å². The molecule has 45 heavy (non-hydrogen) atoms. The Hall–Kier alpha value is -3.57. The Balaban J connectivity index is 1.74. The average molecular weight is 656 g/mol. The van der Waals surface area contributed by atoms with Crippen LogP contribution in [0.1, 0.15) is 57.9 Å². The first-order valence-corrected chi connectivity index (χ1v) is 18.1. The van der Waals surface area contributed by atoms with E-state index >= 15 is 0 Å². The summed E-state index contributed by atoms with van der Waals surface area (Å²) >= 11 is 1.49. The van der Waals surface area contributed by atoms with Gasteiger partial charge in [0.15, 0.2) is 0 Å². The number of hydrogen-bond acceptors (Lipinski definition) is 6. The van der Waals surface area contributed by atoms with Gasteiger partial charge in [0, 0.05) is 17.5 Å². The topological polar surface area (TPSA) is 96.0 Å². The van der Waals surface area contributed by atoms with Crippen LogP contribution in [0.2, 0.25) is 0 Å². The molecule has 0 unspecified atom stereocenters. The Morgan fingerprint density at radius 2 is 1.64 bits per heavy atom. The summed E-state index contributed by atoms with van der Waals surface area (Å²) in [6.45, 7) is 3.33. The number of ether oxygens (including phenoxy) is 1. The van der Waals surface area contributed by atoms with Crippen LogP contribution in [0.4, 0.5) is 10.1 Å². The maximum absolute atomic E-state index is 14.4. The second-order valence-electron chi connectivity index (χ2n) is 11.0. The summed E-state index contributed by atoms with van der Waals surface area (Å²) in [5, 5.41) is 3.13. The molecule has 3 aromatic rings. The third-order valence-electron chi connectivity index (χ3n) is 7.96. The van der Waals surface area contributed by atoms with E-state index in [9.17, 15) is 22.4 Å². The standard InChI is InChI=1S/C34H42FN3O5S2/c1-4-30(34(40)36-27-11-7-6-8-12-27)37(23-25-15-17-26(35)18-16-25)33(39)24-38(31-13-9-10-14-32(31)43-5-2)45(41,42)29-21-19-28(44-3)20-22-29/h9-10,13-22,27,30H,4-8,11-12,23-24H2,1-3H3,(H,36,40)/t30-/m0/s1. The third kappa shape index (κ3) is 8.79.